The molecule has 2 atom stereocenters. The van der Waals surface area contributed by atoms with E-state index >= 15 is 0 Å². The van der Waals surface area contributed by atoms with E-state index in [4.69, 9.17) is 4.74 Å². The minimum Gasteiger partial charge on any atom is -0.359 e. The molecule has 1 fully saturated rings. The summed E-state index contributed by atoms with van der Waals surface area (Å²) in [5.41, 5.74) is 3.94. The van der Waals surface area contributed by atoms with Crippen LogP contribution in [-0.4, -0.2) is 18.0 Å². The van der Waals surface area contributed by atoms with Crippen molar-refractivity contribution in [2.24, 2.45) is 5.41 Å². The molecular formula is C22H30O2. The third-order valence-corrected chi connectivity index (χ3v) is 5.18. The number of ether oxygens (including phenoxy) is 1. The lowest BCUT2D eigenvalue weighted by molar-refractivity contribution is -0.104. The van der Waals surface area contributed by atoms with Crippen LogP contribution in [0.15, 0.2) is 59.3 Å². The van der Waals surface area contributed by atoms with Gasteiger partial charge in [0.1, 0.15) is 6.29 Å². The van der Waals surface area contributed by atoms with Gasteiger partial charge in [-0.15, -0.1) is 0 Å². The van der Waals surface area contributed by atoms with Gasteiger partial charge >= 0.3 is 0 Å². The van der Waals surface area contributed by atoms with Crippen LogP contribution in [0, 0.1) is 5.41 Å². The summed E-state index contributed by atoms with van der Waals surface area (Å²) in [5, 5.41) is 0. The smallest absolute Gasteiger partial charge is 0.142 e. The van der Waals surface area contributed by atoms with Gasteiger partial charge in [0.25, 0.3) is 0 Å². The van der Waals surface area contributed by atoms with Crippen LogP contribution in [0.5, 0.6) is 0 Å². The summed E-state index contributed by atoms with van der Waals surface area (Å²) in [6.45, 7) is 11.1. The van der Waals surface area contributed by atoms with E-state index in [0.717, 1.165) is 18.3 Å². The van der Waals surface area contributed by atoms with E-state index in [1.807, 2.05) is 25.2 Å². The van der Waals surface area contributed by atoms with Crippen molar-refractivity contribution in [2.45, 2.75) is 65.6 Å². The molecule has 130 valence electrons. The van der Waals surface area contributed by atoms with Crippen molar-refractivity contribution >= 4 is 6.29 Å². The van der Waals surface area contributed by atoms with Crippen LogP contribution >= 0.6 is 0 Å². The van der Waals surface area contributed by atoms with Gasteiger partial charge in [0.05, 0.1) is 11.7 Å². The number of fused-ring (bicyclic) bond motifs is 1. The standard InChI is InChI=1S/C22H30O2/c1-17(10-6-7-15-23)11-8-12-18(2)19-16-20-21(3,4)13-9-14-22(20,5)24-19/h6-8,10-12,15-16,19H,9,13-14H2,1-5H3/b7-6+,11-8+,17-10+,18-12+. The molecule has 0 radical (unpaired) electrons. The minimum atomic E-state index is -0.0966. The maximum Gasteiger partial charge on any atom is 0.142 e. The van der Waals surface area contributed by atoms with Crippen LogP contribution in [0.1, 0.15) is 53.9 Å². The van der Waals surface area contributed by atoms with Gasteiger partial charge in [-0.3, -0.25) is 4.79 Å². The third kappa shape index (κ3) is 4.24. The highest BCUT2D eigenvalue weighted by molar-refractivity contribution is 5.65. The summed E-state index contributed by atoms with van der Waals surface area (Å²) < 4.78 is 6.43. The summed E-state index contributed by atoms with van der Waals surface area (Å²) >= 11 is 0. The molecule has 2 unspecified atom stereocenters. The molecule has 0 aromatic carbocycles. The molecular weight excluding hydrogens is 296 g/mol. The van der Waals surface area contributed by atoms with Gasteiger partial charge in [-0.1, -0.05) is 49.8 Å². The summed E-state index contributed by atoms with van der Waals surface area (Å²) in [7, 11) is 0. The van der Waals surface area contributed by atoms with Crippen molar-refractivity contribution in [1.82, 2.24) is 0 Å². The Labute approximate surface area is 146 Å². The van der Waals surface area contributed by atoms with Gasteiger partial charge in [-0.2, -0.15) is 0 Å². The maximum atomic E-state index is 10.3. The van der Waals surface area contributed by atoms with Gasteiger partial charge in [0, 0.05) is 0 Å². The number of rotatable bonds is 5. The van der Waals surface area contributed by atoms with E-state index in [-0.39, 0.29) is 17.1 Å². The first kappa shape index (κ1) is 18.7. The molecule has 0 bridgehead atoms. The van der Waals surface area contributed by atoms with E-state index in [2.05, 4.69) is 39.8 Å². The van der Waals surface area contributed by atoms with E-state index in [9.17, 15) is 4.79 Å². The molecule has 0 amide bonds. The minimum absolute atomic E-state index is 0.0752. The van der Waals surface area contributed by atoms with Crippen LogP contribution in [0.3, 0.4) is 0 Å². The number of aldehydes is 1. The highest BCUT2D eigenvalue weighted by Gasteiger charge is 2.47. The maximum absolute atomic E-state index is 10.3. The first-order chi connectivity index (χ1) is 11.3. The van der Waals surface area contributed by atoms with Crippen LogP contribution < -0.4 is 0 Å². The Balaban J connectivity index is 2.09. The zero-order chi connectivity index (χ0) is 17.8. The zero-order valence-corrected chi connectivity index (χ0v) is 15.6. The predicted octanol–water partition coefficient (Wildman–Crippen LogP) is 5.48. The van der Waals surface area contributed by atoms with Crippen LogP contribution in [-0.2, 0) is 9.53 Å². The van der Waals surface area contributed by atoms with Gasteiger partial charge in [0.15, 0.2) is 0 Å². The molecule has 1 heterocycles. The van der Waals surface area contributed by atoms with E-state index in [1.165, 1.54) is 30.1 Å². The number of allylic oxidation sites excluding steroid dienone is 7. The average molecular weight is 326 g/mol. The van der Waals surface area contributed by atoms with Gasteiger partial charge in [-0.25, -0.2) is 0 Å². The summed E-state index contributed by atoms with van der Waals surface area (Å²) in [6.07, 6.45) is 18.2. The van der Waals surface area contributed by atoms with Crippen LogP contribution in [0.2, 0.25) is 0 Å². The van der Waals surface area contributed by atoms with Gasteiger partial charge < -0.3 is 4.74 Å². The van der Waals surface area contributed by atoms with Gasteiger partial charge in [-0.05, 0) is 68.7 Å². The van der Waals surface area contributed by atoms with Gasteiger partial charge in [0.2, 0.25) is 0 Å². The molecule has 2 aliphatic rings. The SMILES string of the molecule is CC(/C=C/C=C(\C)C1C=C2C(C)(C)CCCC2(C)O1)=C\C=C\C=O. The monoisotopic (exact) mass is 326 g/mol. The molecule has 0 spiro atoms. The zero-order valence-electron chi connectivity index (χ0n) is 15.6. The van der Waals surface area contributed by atoms with E-state index < -0.39 is 0 Å². The number of hydrogen-bond acceptors (Lipinski definition) is 2. The molecule has 1 aliphatic heterocycles. The second-order valence-corrected chi connectivity index (χ2v) is 7.79. The second-order valence-electron chi connectivity index (χ2n) is 7.79. The Morgan fingerprint density at radius 3 is 2.54 bits per heavy atom. The molecule has 0 aromatic rings. The molecule has 2 nitrogen and oxygen atoms in total. The Kier molecular flexibility index (Phi) is 5.82. The lowest BCUT2D eigenvalue weighted by Gasteiger charge is -2.42. The van der Waals surface area contributed by atoms with Crippen LogP contribution in [0.4, 0.5) is 0 Å². The Hall–Kier alpha value is -1.67. The highest BCUT2D eigenvalue weighted by atomic mass is 16.5. The van der Waals surface area contributed by atoms with E-state index in [1.54, 1.807) is 6.08 Å². The number of carbonyl (C=O) groups excluding carboxylic acids is 1. The average Bonchev–Trinajstić information content (AvgIpc) is 2.86. The lowest BCUT2D eigenvalue weighted by Crippen LogP contribution is -2.39. The molecule has 1 saturated carbocycles. The Morgan fingerprint density at radius 1 is 1.12 bits per heavy atom. The van der Waals surface area contributed by atoms with Crippen molar-refractivity contribution in [3.05, 3.63) is 59.3 Å². The Morgan fingerprint density at radius 2 is 1.88 bits per heavy atom. The van der Waals surface area contributed by atoms with Crippen molar-refractivity contribution in [2.75, 3.05) is 0 Å². The quantitative estimate of drug-likeness (QED) is 0.289. The fourth-order valence-electron chi connectivity index (χ4n) is 3.82. The number of carbonyl (C=O) groups is 1. The molecule has 1 aliphatic carbocycles. The van der Waals surface area contributed by atoms with Crippen molar-refractivity contribution in [1.29, 1.82) is 0 Å². The fraction of sp³-hybridized carbons (Fsp3) is 0.500. The Bertz CT molecular complexity index is 628. The highest BCUT2D eigenvalue weighted by Crippen LogP contribution is 2.51. The molecule has 24 heavy (non-hydrogen) atoms. The van der Waals surface area contributed by atoms with Crippen molar-refractivity contribution in [3.63, 3.8) is 0 Å². The first-order valence-electron chi connectivity index (χ1n) is 8.83. The third-order valence-electron chi connectivity index (χ3n) is 5.18. The lowest BCUT2D eigenvalue weighted by atomic mass is 9.67. The topological polar surface area (TPSA) is 26.3 Å². The molecule has 0 N–H and O–H groups in total. The largest absolute Gasteiger partial charge is 0.359 e. The van der Waals surface area contributed by atoms with Crippen LogP contribution in [0.25, 0.3) is 0 Å². The number of hydrogen-bond donors (Lipinski definition) is 0. The summed E-state index contributed by atoms with van der Waals surface area (Å²) in [6, 6.07) is 0. The van der Waals surface area contributed by atoms with Crippen molar-refractivity contribution < 1.29 is 9.53 Å². The summed E-state index contributed by atoms with van der Waals surface area (Å²) in [4.78, 5) is 10.3. The predicted molar refractivity (Wildman–Crippen MR) is 101 cm³/mol. The molecule has 2 rings (SSSR count). The van der Waals surface area contributed by atoms with Crippen molar-refractivity contribution in [3.8, 4) is 0 Å². The summed E-state index contributed by atoms with van der Waals surface area (Å²) in [5.74, 6) is 0. The molecule has 2 heteroatoms. The normalized spacial score (nSPS) is 30.7. The molecule has 0 aromatic heterocycles. The molecule has 0 saturated heterocycles. The van der Waals surface area contributed by atoms with E-state index in [0.29, 0.717) is 0 Å². The fourth-order valence-corrected chi connectivity index (χ4v) is 3.82. The first-order valence-corrected chi connectivity index (χ1v) is 8.83. The second kappa shape index (κ2) is 7.48.